The van der Waals surface area contributed by atoms with Crippen LogP contribution in [0.5, 0.6) is 11.5 Å². The van der Waals surface area contributed by atoms with Crippen molar-refractivity contribution in [1.29, 1.82) is 0 Å². The van der Waals surface area contributed by atoms with Crippen LogP contribution in [0.3, 0.4) is 0 Å². The fraction of sp³-hybridized carbons (Fsp3) is 0.0625. The zero-order chi connectivity index (χ0) is 15.0. The van der Waals surface area contributed by atoms with Gasteiger partial charge in [-0.3, -0.25) is 0 Å². The van der Waals surface area contributed by atoms with Gasteiger partial charge < -0.3 is 14.3 Å². The average molecular weight is 347 g/mol. The van der Waals surface area contributed by atoms with Gasteiger partial charge in [0.05, 0.1) is 12.7 Å². The van der Waals surface area contributed by atoms with Crippen molar-refractivity contribution >= 4 is 26.9 Å². The highest BCUT2D eigenvalue weighted by Crippen LogP contribution is 2.31. The molecular weight excluding hydrogens is 336 g/mol. The van der Waals surface area contributed by atoms with E-state index in [-0.39, 0.29) is 5.75 Å². The highest BCUT2D eigenvalue weighted by Gasteiger charge is 2.12. The second-order valence-electron chi connectivity index (χ2n) is 4.52. The van der Waals surface area contributed by atoms with E-state index in [1.54, 1.807) is 30.3 Å². The summed E-state index contributed by atoms with van der Waals surface area (Å²) in [7, 11) is 1.52. The molecule has 0 spiro atoms. The van der Waals surface area contributed by atoms with Crippen LogP contribution >= 0.6 is 15.9 Å². The molecule has 3 aromatic rings. The second-order valence-corrected chi connectivity index (χ2v) is 5.44. The molecule has 0 aliphatic carbocycles. The zero-order valence-corrected chi connectivity index (χ0v) is 12.7. The molecule has 1 N–H and O–H groups in total. The number of hydrogen-bond donors (Lipinski definition) is 1. The smallest absolute Gasteiger partial charge is 0.344 e. The summed E-state index contributed by atoms with van der Waals surface area (Å²) >= 11 is 3.40. The minimum absolute atomic E-state index is 0.0961. The largest absolute Gasteiger partial charge is 0.508 e. The predicted octanol–water partition coefficient (Wildman–Crippen LogP) is 3.94. The molecule has 0 aliphatic heterocycles. The summed E-state index contributed by atoms with van der Waals surface area (Å²) in [6, 6.07) is 11.8. The highest BCUT2D eigenvalue weighted by atomic mass is 79.9. The molecule has 4 nitrogen and oxygen atoms in total. The molecule has 0 bridgehead atoms. The second kappa shape index (κ2) is 5.26. The molecule has 5 heteroatoms. The van der Waals surface area contributed by atoms with E-state index >= 15 is 0 Å². The van der Waals surface area contributed by atoms with Crippen LogP contribution in [0.15, 0.2) is 56.1 Å². The van der Waals surface area contributed by atoms with E-state index in [1.807, 2.05) is 6.07 Å². The van der Waals surface area contributed by atoms with Gasteiger partial charge in [0.1, 0.15) is 5.75 Å². The van der Waals surface area contributed by atoms with Crippen molar-refractivity contribution in [2.45, 2.75) is 0 Å². The minimum atomic E-state index is -0.478. The first kappa shape index (κ1) is 13.7. The first-order valence-corrected chi connectivity index (χ1v) is 6.98. The highest BCUT2D eigenvalue weighted by molar-refractivity contribution is 9.10. The van der Waals surface area contributed by atoms with E-state index in [4.69, 9.17) is 9.15 Å². The average Bonchev–Trinajstić information content (AvgIpc) is 2.46. The lowest BCUT2D eigenvalue weighted by molar-refractivity contribution is 0.406. The molecule has 0 saturated heterocycles. The minimum Gasteiger partial charge on any atom is -0.508 e. The molecular formula is C16H11BrO4. The number of methoxy groups -OCH3 is 1. The summed E-state index contributed by atoms with van der Waals surface area (Å²) in [6.07, 6.45) is 0. The van der Waals surface area contributed by atoms with Gasteiger partial charge in [0.15, 0.2) is 11.3 Å². The van der Waals surface area contributed by atoms with E-state index in [9.17, 15) is 9.90 Å². The molecule has 0 aliphatic rings. The first-order chi connectivity index (χ1) is 10.1. The molecule has 2 aromatic carbocycles. The van der Waals surface area contributed by atoms with Gasteiger partial charge >= 0.3 is 5.63 Å². The van der Waals surface area contributed by atoms with Crippen LogP contribution in [0.4, 0.5) is 0 Å². The number of rotatable bonds is 2. The Labute approximate surface area is 128 Å². The van der Waals surface area contributed by atoms with Crippen LogP contribution in [0.25, 0.3) is 22.1 Å². The van der Waals surface area contributed by atoms with Gasteiger partial charge in [-0.15, -0.1) is 0 Å². The van der Waals surface area contributed by atoms with Crippen LogP contribution in [-0.4, -0.2) is 12.2 Å². The quantitative estimate of drug-likeness (QED) is 0.714. The Balaban J connectivity index is 2.31. The van der Waals surface area contributed by atoms with Gasteiger partial charge in [-0.2, -0.15) is 0 Å². The predicted molar refractivity (Wildman–Crippen MR) is 83.8 cm³/mol. The SMILES string of the molecule is COc1cc(Br)cc2cc(-c3cccc(O)c3)c(=O)oc12. The molecule has 0 fully saturated rings. The van der Waals surface area contributed by atoms with E-state index in [0.29, 0.717) is 22.5 Å². The number of halogens is 1. The molecule has 0 amide bonds. The molecule has 1 heterocycles. The summed E-state index contributed by atoms with van der Waals surface area (Å²) < 4.78 is 11.4. The fourth-order valence-corrected chi connectivity index (χ4v) is 2.65. The number of fused-ring (bicyclic) bond motifs is 1. The monoisotopic (exact) mass is 346 g/mol. The molecule has 21 heavy (non-hydrogen) atoms. The van der Waals surface area contributed by atoms with Crippen molar-refractivity contribution in [3.05, 3.63) is 57.4 Å². The standard InChI is InChI=1S/C16H11BrO4/c1-20-14-8-11(17)5-10-7-13(16(19)21-15(10)14)9-3-2-4-12(18)6-9/h2-8,18H,1H3. The van der Waals surface area contributed by atoms with Crippen molar-refractivity contribution in [1.82, 2.24) is 0 Å². The number of benzene rings is 2. The van der Waals surface area contributed by atoms with Crippen LogP contribution in [0.1, 0.15) is 0 Å². The van der Waals surface area contributed by atoms with E-state index < -0.39 is 5.63 Å². The van der Waals surface area contributed by atoms with Gasteiger partial charge in [0.25, 0.3) is 0 Å². The Morgan fingerprint density at radius 2 is 2.00 bits per heavy atom. The summed E-state index contributed by atoms with van der Waals surface area (Å²) in [5.41, 5.74) is 0.909. The Hall–Kier alpha value is -2.27. The molecule has 0 saturated carbocycles. The maximum atomic E-state index is 12.2. The van der Waals surface area contributed by atoms with Crippen molar-refractivity contribution in [3.8, 4) is 22.6 Å². The summed E-state index contributed by atoms with van der Waals surface area (Å²) in [6.45, 7) is 0. The lowest BCUT2D eigenvalue weighted by Crippen LogP contribution is -2.03. The lowest BCUT2D eigenvalue weighted by atomic mass is 10.1. The summed E-state index contributed by atoms with van der Waals surface area (Å²) in [5, 5.41) is 10.3. The van der Waals surface area contributed by atoms with E-state index in [1.165, 1.54) is 13.2 Å². The fourth-order valence-electron chi connectivity index (χ4n) is 2.19. The third kappa shape index (κ3) is 2.52. The van der Waals surface area contributed by atoms with E-state index in [2.05, 4.69) is 15.9 Å². The number of phenols is 1. The van der Waals surface area contributed by atoms with Crippen molar-refractivity contribution < 1.29 is 14.3 Å². The maximum absolute atomic E-state index is 12.2. The van der Waals surface area contributed by atoms with Crippen LogP contribution in [0, 0.1) is 0 Å². The summed E-state index contributed by atoms with van der Waals surface area (Å²) in [4.78, 5) is 12.2. The van der Waals surface area contributed by atoms with E-state index in [0.717, 1.165) is 9.86 Å². The molecule has 3 rings (SSSR count). The van der Waals surface area contributed by atoms with Crippen molar-refractivity contribution in [2.24, 2.45) is 0 Å². The third-order valence-electron chi connectivity index (χ3n) is 3.14. The Morgan fingerprint density at radius 1 is 1.19 bits per heavy atom. The Kier molecular flexibility index (Phi) is 3.43. The van der Waals surface area contributed by atoms with Crippen LogP contribution in [-0.2, 0) is 0 Å². The molecule has 0 radical (unpaired) electrons. The van der Waals surface area contributed by atoms with Crippen LogP contribution in [0.2, 0.25) is 0 Å². The van der Waals surface area contributed by atoms with Crippen molar-refractivity contribution in [2.75, 3.05) is 7.11 Å². The molecule has 1 aromatic heterocycles. The molecule has 106 valence electrons. The summed E-state index contributed by atoms with van der Waals surface area (Å²) in [5.74, 6) is 0.581. The van der Waals surface area contributed by atoms with Gasteiger partial charge in [-0.05, 0) is 35.9 Å². The first-order valence-electron chi connectivity index (χ1n) is 6.19. The maximum Gasteiger partial charge on any atom is 0.344 e. The lowest BCUT2D eigenvalue weighted by Gasteiger charge is -2.07. The van der Waals surface area contributed by atoms with Gasteiger partial charge in [0, 0.05) is 9.86 Å². The number of aromatic hydroxyl groups is 1. The Morgan fingerprint density at radius 3 is 2.71 bits per heavy atom. The zero-order valence-electron chi connectivity index (χ0n) is 11.1. The molecule has 0 atom stereocenters. The van der Waals surface area contributed by atoms with Gasteiger partial charge in [-0.25, -0.2) is 4.79 Å². The number of phenolic OH excluding ortho intramolecular Hbond substituents is 1. The molecule has 0 unspecified atom stereocenters. The van der Waals surface area contributed by atoms with Crippen molar-refractivity contribution in [3.63, 3.8) is 0 Å². The Bertz CT molecular complexity index is 883. The van der Waals surface area contributed by atoms with Gasteiger partial charge in [0.2, 0.25) is 0 Å². The topological polar surface area (TPSA) is 59.7 Å². The third-order valence-corrected chi connectivity index (χ3v) is 3.60. The van der Waals surface area contributed by atoms with Crippen LogP contribution < -0.4 is 10.4 Å². The normalized spacial score (nSPS) is 10.8. The number of hydrogen-bond acceptors (Lipinski definition) is 4. The number of ether oxygens (including phenoxy) is 1. The van der Waals surface area contributed by atoms with Gasteiger partial charge in [-0.1, -0.05) is 28.1 Å².